The molecule has 0 saturated carbocycles. The zero-order valence-electron chi connectivity index (χ0n) is 75.8. The van der Waals surface area contributed by atoms with Gasteiger partial charge in [0.25, 0.3) is 0 Å². The van der Waals surface area contributed by atoms with Crippen LogP contribution >= 0.6 is 0 Å². The molecule has 16 aliphatic carbocycles. The van der Waals surface area contributed by atoms with Gasteiger partial charge in [0.15, 0.2) is 0 Å². The molecule has 16 nitrogen and oxygen atoms in total. The number of aliphatic imine (C=N–C) groups is 8. The first-order valence-corrected chi connectivity index (χ1v) is 41.6. The number of hydrogen-bond donors (Lipinski definition) is 0. The normalized spacial score (nSPS) is 21.4. The zero-order chi connectivity index (χ0) is 89.5. The number of nitrogens with zero attached hydrogens (tertiary/aromatic N) is 16. The van der Waals surface area contributed by atoms with Gasteiger partial charge in [-0.2, -0.15) is 0 Å². The Labute approximate surface area is 934 Å². The largest absolute Gasteiger partial charge is 0.464 e. The molecule has 0 amide bonds. The Morgan fingerprint density at radius 3 is 0.301 bits per heavy atom. The Balaban J connectivity index is -0.000000680. The Morgan fingerprint density at radius 2 is 0.235 bits per heavy atom. The van der Waals surface area contributed by atoms with Gasteiger partial charge in [0.05, 0.1) is 0 Å². The molecular formula is C112H112N16Ti8-8. The van der Waals surface area contributed by atoms with E-state index in [0.717, 1.165) is 0 Å². The monoisotopic (exact) mass is 2060 g/mol. The fraction of sp³-hybridized carbons (Fsp3) is 0.0714. The van der Waals surface area contributed by atoms with E-state index >= 15 is 0 Å². The van der Waals surface area contributed by atoms with Crippen molar-refractivity contribution >= 4 is 50.7 Å². The molecule has 680 valence electrons. The van der Waals surface area contributed by atoms with Crippen LogP contribution in [0.25, 0.3) is 42.5 Å². The van der Waals surface area contributed by atoms with Crippen molar-refractivity contribution in [2.24, 2.45) is 39.9 Å². The van der Waals surface area contributed by atoms with Gasteiger partial charge >= 0.3 is 0 Å². The van der Waals surface area contributed by atoms with Crippen LogP contribution in [0.3, 0.4) is 0 Å². The Morgan fingerprint density at radius 1 is 0.125 bits per heavy atom. The molecule has 0 N–H and O–H groups in total. The van der Waals surface area contributed by atoms with Crippen LogP contribution in [-0.2, 0) is 174 Å². The van der Waals surface area contributed by atoms with E-state index in [-0.39, 0.29) is 222 Å². The van der Waals surface area contributed by atoms with E-state index in [9.17, 15) is 0 Å². The minimum absolute atomic E-state index is 0. The van der Waals surface area contributed by atoms with Crippen LogP contribution < -0.4 is 0 Å². The third-order valence-corrected chi connectivity index (χ3v) is 15.7. The predicted octanol–water partition coefficient (Wildman–Crippen LogP) is 27.4. The number of hydrogen-bond acceptors (Lipinski definition) is 8. The summed E-state index contributed by atoms with van der Waals surface area (Å²) in [4.78, 5) is 32.1. The summed E-state index contributed by atoms with van der Waals surface area (Å²) in [6.45, 7) is 0. The molecule has 0 saturated heterocycles. The van der Waals surface area contributed by atoms with Gasteiger partial charge in [-0.05, 0) is 48.3 Å². The average molecular weight is 2070 g/mol. The van der Waals surface area contributed by atoms with Crippen LogP contribution in [0, 0.1) is 103 Å². The Kier molecular flexibility index (Phi) is 106. The van der Waals surface area contributed by atoms with Crippen LogP contribution in [0.1, 0.15) is 0 Å². The third kappa shape index (κ3) is 84.4. The Hall–Kier alpha value is -8.93. The van der Waals surface area contributed by atoms with Crippen molar-refractivity contribution in [3.8, 4) is 0 Å². The molecule has 24 heteroatoms. The van der Waals surface area contributed by atoms with Gasteiger partial charge in [0.1, 0.15) is 0 Å². The first-order valence-electron chi connectivity index (χ1n) is 41.6. The molecule has 0 fully saturated rings. The summed E-state index contributed by atoms with van der Waals surface area (Å²) >= 11 is 0. The predicted molar refractivity (Wildman–Crippen MR) is 560 cm³/mol. The smallest absolute Gasteiger partial charge is 0.00506 e. The molecule has 0 bridgehead atoms. The summed E-state index contributed by atoms with van der Waals surface area (Å²) in [6, 6.07) is 0.707. The maximum absolute atomic E-state index is 4.17. The summed E-state index contributed by atoms with van der Waals surface area (Å²) in [7, 11) is 0. The first-order chi connectivity index (χ1) is 63.9. The van der Waals surface area contributed by atoms with Crippen molar-refractivity contribution < 1.29 is 174 Å². The average Bonchev–Trinajstić information content (AvgIpc) is 1.80. The van der Waals surface area contributed by atoms with E-state index in [1.54, 1.807) is 100 Å². The van der Waals surface area contributed by atoms with Gasteiger partial charge in [-0.15, -0.1) is 50.7 Å². The van der Waals surface area contributed by atoms with E-state index in [4.69, 9.17) is 0 Å². The van der Waals surface area contributed by atoms with Gasteiger partial charge < -0.3 is 82.5 Å². The first kappa shape index (κ1) is 133. The van der Waals surface area contributed by atoms with Crippen LogP contribution in [0.4, 0.5) is 0 Å². The second-order valence-electron chi connectivity index (χ2n) is 25.4. The van der Waals surface area contributed by atoms with Crippen LogP contribution in [0.5, 0.6) is 0 Å². The molecule has 136 heavy (non-hydrogen) atoms. The summed E-state index contributed by atoms with van der Waals surface area (Å²) in [5.41, 5.74) is 0. The van der Waals surface area contributed by atoms with Crippen LogP contribution in [0.15, 0.2) is 527 Å². The molecule has 8 unspecified atom stereocenters. The fourth-order valence-corrected chi connectivity index (χ4v) is 9.48. The topological polar surface area (TPSA) is 212 Å². The minimum atomic E-state index is 0. The molecule has 0 aromatic rings. The molecule has 8 aliphatic heterocycles. The van der Waals surface area contributed by atoms with Crippen molar-refractivity contribution in [3.63, 3.8) is 0 Å². The van der Waals surface area contributed by atoms with Crippen molar-refractivity contribution in [2.45, 2.75) is 48.3 Å². The van der Waals surface area contributed by atoms with Gasteiger partial charge in [-0.25, -0.2) is 0 Å². The quantitative estimate of drug-likeness (QED) is 0.241. The van der Waals surface area contributed by atoms with E-state index in [2.05, 4.69) is 82.5 Å². The van der Waals surface area contributed by atoms with Crippen LogP contribution in [0.2, 0.25) is 0 Å². The van der Waals surface area contributed by atoms with Crippen LogP contribution in [-0.4, -0.2) is 99.0 Å². The van der Waals surface area contributed by atoms with Crippen molar-refractivity contribution in [1.29, 1.82) is 0 Å². The fourth-order valence-electron chi connectivity index (χ4n) is 9.48. The van der Waals surface area contributed by atoms with E-state index in [1.807, 2.05) is 540 Å². The van der Waals surface area contributed by atoms with Gasteiger partial charge in [-0.1, -0.05) is 487 Å². The van der Waals surface area contributed by atoms with E-state index in [0.29, 0.717) is 0 Å². The summed E-state index contributed by atoms with van der Waals surface area (Å²) in [5, 5.41) is 32.1. The maximum atomic E-state index is 4.17. The maximum Gasteiger partial charge on any atom is 0.00506 e. The van der Waals surface area contributed by atoms with E-state index in [1.165, 1.54) is 0 Å². The zero-order valence-corrected chi connectivity index (χ0v) is 88.3. The second kappa shape index (κ2) is 108. The molecule has 8 atom stereocenters. The van der Waals surface area contributed by atoms with Gasteiger partial charge in [0, 0.05) is 276 Å². The molecule has 0 aromatic heterocycles. The number of rotatable bonds is 4. The Bertz CT molecular complexity index is 3490. The van der Waals surface area contributed by atoms with E-state index < -0.39 is 0 Å². The molecular weight excluding hydrogens is 1950 g/mol. The molecule has 8 heterocycles. The summed E-state index contributed by atoms with van der Waals surface area (Å²) < 4.78 is 0. The molecule has 24 aliphatic rings. The number of allylic oxidation sites excluding steroid dienone is 64. The molecule has 0 aromatic carbocycles. The van der Waals surface area contributed by atoms with Gasteiger partial charge in [-0.3, -0.25) is 0 Å². The van der Waals surface area contributed by atoms with Gasteiger partial charge in [0.2, 0.25) is 0 Å². The van der Waals surface area contributed by atoms with Crippen molar-refractivity contribution in [2.75, 3.05) is 0 Å². The van der Waals surface area contributed by atoms with Crippen molar-refractivity contribution in [1.82, 2.24) is 0 Å². The molecule has 24 rings (SSSR count). The molecule has 0 spiro atoms. The standard InChI is InChI=1S/4C8H8N4.16C5H5.8Ti/c4*1-3-9-5-11-7(1)8-2-4-10-6-12-8;16*1-2-4-5-3-1;;;;;;;;/h4*1-8H;16*1-5H;;;;;;;;/q4*-2;;;;;;;;;;;;;;;;;;;;;;;;. The third-order valence-electron chi connectivity index (χ3n) is 15.7. The van der Waals surface area contributed by atoms with Crippen molar-refractivity contribution in [3.05, 3.63) is 632 Å². The SMILES string of the molecule is C1=CC(C2C=C[N-]C=N2)[N-]C=N1.C1=CC(C2C=C[N-]C=N2)[N-]C=N1.C1=CC(C2C=C[N-]C=N2)[N-]C=N1.C1=CC(C2C=C[N-]C=N2)[N-]C=N1.[CH]1C=CC=C1.[CH]1C=CC=C1.[CH]1C=CC=C1.[CH]1C=CC=C1.[CH]1C=CC=C1.[CH]1C=CC=C1.[CH]1C=CC=C1.[CH]1C=CC=C1.[CH]1C=CC=C1.[CH]1C=CC=C1.[CH]1C=CC=C1.[CH]1C=CC=C1.[CH]1C=CC=C1.[CH]1C=CC=C1.[CH]1C=CC=C1.[CH]1C=CC=C1.[Ti].[Ti].[Ti].[Ti].[Ti].[Ti].[Ti].[Ti]. The molecule has 16 radical (unpaired) electrons. The summed E-state index contributed by atoms with van der Waals surface area (Å²) in [5.74, 6) is 0. The minimum Gasteiger partial charge on any atom is -0.464 e. The summed E-state index contributed by atoms with van der Waals surface area (Å²) in [6.07, 6.45) is 202. The second-order valence-corrected chi connectivity index (χ2v) is 25.4.